The van der Waals surface area contributed by atoms with Crippen LogP contribution in [0.1, 0.15) is 26.3 Å². The average Bonchev–Trinajstić information content (AvgIpc) is 2.95. The lowest BCUT2D eigenvalue weighted by molar-refractivity contribution is 0.0507. The van der Waals surface area contributed by atoms with Crippen molar-refractivity contribution in [1.29, 1.82) is 0 Å². The van der Waals surface area contributed by atoms with Gasteiger partial charge in [-0.1, -0.05) is 48.5 Å². The van der Waals surface area contributed by atoms with Gasteiger partial charge in [0, 0.05) is 31.5 Å². The van der Waals surface area contributed by atoms with Gasteiger partial charge >= 0.3 is 12.2 Å². The van der Waals surface area contributed by atoms with Crippen LogP contribution in [0.3, 0.4) is 0 Å². The van der Waals surface area contributed by atoms with E-state index in [4.69, 9.17) is 14.5 Å². The van der Waals surface area contributed by atoms with Crippen molar-refractivity contribution in [2.75, 3.05) is 17.2 Å². The maximum atomic E-state index is 13.5. The smallest absolute Gasteiger partial charge is 0.417 e. The molecule has 0 aliphatic heterocycles. The number of amides is 2. The fourth-order valence-corrected chi connectivity index (χ4v) is 4.08. The molecule has 0 saturated carbocycles. The van der Waals surface area contributed by atoms with Crippen molar-refractivity contribution in [1.82, 2.24) is 19.9 Å². The van der Waals surface area contributed by atoms with Gasteiger partial charge in [-0.15, -0.1) is 0 Å². The molecule has 0 radical (unpaired) electrons. The van der Waals surface area contributed by atoms with Crippen LogP contribution < -0.4 is 26.2 Å². The molecule has 2 aromatic heterocycles. The summed E-state index contributed by atoms with van der Waals surface area (Å²) in [6.45, 7) is 5.61. The molecule has 0 fully saturated rings. The molecule has 0 unspecified atom stereocenters. The quantitative estimate of drug-likeness (QED) is 0.256. The Balaban J connectivity index is 1.61. The van der Waals surface area contributed by atoms with Gasteiger partial charge in [-0.25, -0.2) is 14.6 Å². The van der Waals surface area contributed by atoms with E-state index in [1.165, 1.54) is 11.6 Å². The average molecular weight is 571 g/mol. The Bertz CT molecular complexity index is 1550. The van der Waals surface area contributed by atoms with Gasteiger partial charge in [-0.05, 0) is 57.0 Å². The van der Waals surface area contributed by atoms with Crippen molar-refractivity contribution < 1.29 is 19.1 Å². The highest BCUT2D eigenvalue weighted by molar-refractivity contribution is 5.91. The number of carbonyl (C=O) groups excluding carboxylic acids is 2. The van der Waals surface area contributed by atoms with Crippen LogP contribution in [0, 0.1) is 0 Å². The van der Waals surface area contributed by atoms with Crippen molar-refractivity contribution in [3.8, 4) is 17.0 Å². The Morgan fingerprint density at radius 1 is 0.929 bits per heavy atom. The summed E-state index contributed by atoms with van der Waals surface area (Å²) < 4.78 is 12.1. The topological polar surface area (TPSA) is 136 Å². The van der Waals surface area contributed by atoms with Gasteiger partial charge in [-0.3, -0.25) is 19.7 Å². The molecule has 2 amide bonds. The first-order valence-electron chi connectivity index (χ1n) is 13.4. The number of para-hydroxylation sites is 1. The first kappa shape index (κ1) is 29.8. The van der Waals surface area contributed by atoms with Crippen LogP contribution in [0.2, 0.25) is 0 Å². The first-order valence-corrected chi connectivity index (χ1v) is 13.4. The lowest BCUT2D eigenvalue weighted by Gasteiger charge is -2.24. The Morgan fingerprint density at radius 2 is 1.57 bits per heavy atom. The van der Waals surface area contributed by atoms with Gasteiger partial charge in [0.15, 0.2) is 0 Å². The van der Waals surface area contributed by atoms with Crippen LogP contribution in [0.15, 0.2) is 90.0 Å². The van der Waals surface area contributed by atoms with Gasteiger partial charge < -0.3 is 20.1 Å². The van der Waals surface area contributed by atoms with Crippen LogP contribution in [-0.4, -0.2) is 44.9 Å². The molecule has 42 heavy (non-hydrogen) atoms. The van der Waals surface area contributed by atoms with Crippen LogP contribution >= 0.6 is 0 Å². The van der Waals surface area contributed by atoms with E-state index in [-0.39, 0.29) is 23.9 Å². The molecule has 218 valence electrons. The molecule has 0 saturated heterocycles. The zero-order valence-corrected chi connectivity index (χ0v) is 24.0. The number of pyridine rings is 1. The fourth-order valence-electron chi connectivity index (χ4n) is 4.08. The number of nitrogens with zero attached hydrogens (tertiary/aromatic N) is 3. The zero-order chi connectivity index (χ0) is 30.1. The third-order valence-corrected chi connectivity index (χ3v) is 5.98. The van der Waals surface area contributed by atoms with Crippen LogP contribution in [0.4, 0.5) is 21.2 Å². The third-order valence-electron chi connectivity index (χ3n) is 5.98. The molecular formula is C31H34N6O5. The molecule has 1 atom stereocenters. The number of ether oxygens (including phenoxy) is 2. The molecule has 4 aromatic rings. The Hall–Kier alpha value is -5.19. The van der Waals surface area contributed by atoms with E-state index in [0.717, 1.165) is 5.56 Å². The highest BCUT2D eigenvalue weighted by atomic mass is 16.6. The van der Waals surface area contributed by atoms with Gasteiger partial charge in [0.25, 0.3) is 5.56 Å². The van der Waals surface area contributed by atoms with E-state index < -0.39 is 29.4 Å². The maximum Gasteiger partial charge on any atom is 0.417 e. The number of aromatic nitrogens is 3. The van der Waals surface area contributed by atoms with Crippen LogP contribution in [0.5, 0.6) is 5.75 Å². The SMILES string of the molecule is Cn1c(NC[C@H](Cc2ccccc2)NC(=O)OC(C)(C)C)nc(-c2ccncc2)c(NC(=O)Oc2ccccc2)c1=O. The second-order valence-electron chi connectivity index (χ2n) is 10.5. The molecule has 11 heteroatoms. The van der Waals surface area contributed by atoms with E-state index in [2.05, 4.69) is 20.9 Å². The lowest BCUT2D eigenvalue weighted by atomic mass is 10.1. The van der Waals surface area contributed by atoms with E-state index in [1.807, 2.05) is 30.3 Å². The summed E-state index contributed by atoms with van der Waals surface area (Å²) in [5.41, 5.74) is 0.578. The Morgan fingerprint density at radius 3 is 2.21 bits per heavy atom. The second kappa shape index (κ2) is 13.4. The molecule has 0 spiro atoms. The summed E-state index contributed by atoms with van der Waals surface area (Å²) in [6.07, 6.45) is 2.24. The van der Waals surface area contributed by atoms with E-state index in [1.54, 1.807) is 75.6 Å². The summed E-state index contributed by atoms with van der Waals surface area (Å²) in [5.74, 6) is 0.559. The summed E-state index contributed by atoms with van der Waals surface area (Å²) in [6, 6.07) is 21.2. The van der Waals surface area contributed by atoms with Gasteiger partial charge in [0.1, 0.15) is 22.7 Å². The molecule has 2 aromatic carbocycles. The minimum absolute atomic E-state index is 0.0529. The number of alkyl carbamates (subject to hydrolysis) is 1. The minimum atomic E-state index is -0.833. The van der Waals surface area contributed by atoms with E-state index in [0.29, 0.717) is 17.7 Å². The predicted octanol–water partition coefficient (Wildman–Crippen LogP) is 5.00. The number of anilines is 2. The highest BCUT2D eigenvalue weighted by Gasteiger charge is 2.22. The Kier molecular flexibility index (Phi) is 9.53. The number of hydrogen-bond donors (Lipinski definition) is 3. The molecule has 3 N–H and O–H groups in total. The summed E-state index contributed by atoms with van der Waals surface area (Å²) in [4.78, 5) is 47.6. The third kappa shape index (κ3) is 8.40. The molecular weight excluding hydrogens is 536 g/mol. The van der Waals surface area contributed by atoms with E-state index >= 15 is 0 Å². The van der Waals surface area contributed by atoms with Crippen molar-refractivity contribution in [2.24, 2.45) is 7.05 Å². The number of nitrogens with one attached hydrogen (secondary N) is 3. The van der Waals surface area contributed by atoms with Crippen molar-refractivity contribution >= 4 is 23.8 Å². The molecule has 0 bridgehead atoms. The molecule has 4 rings (SSSR count). The fraction of sp³-hybridized carbons (Fsp3) is 0.258. The second-order valence-corrected chi connectivity index (χ2v) is 10.5. The number of carbonyl (C=O) groups is 2. The van der Waals surface area contributed by atoms with Crippen molar-refractivity contribution in [3.63, 3.8) is 0 Å². The summed E-state index contributed by atoms with van der Waals surface area (Å²) in [7, 11) is 1.54. The zero-order valence-electron chi connectivity index (χ0n) is 24.0. The maximum absolute atomic E-state index is 13.5. The largest absolute Gasteiger partial charge is 0.444 e. The van der Waals surface area contributed by atoms with Crippen LogP contribution in [-0.2, 0) is 18.2 Å². The van der Waals surface area contributed by atoms with Gasteiger partial charge in [0.05, 0.1) is 6.04 Å². The molecule has 0 aliphatic carbocycles. The molecule has 0 aliphatic rings. The number of hydrogen-bond acceptors (Lipinski definition) is 8. The monoisotopic (exact) mass is 570 g/mol. The lowest BCUT2D eigenvalue weighted by Crippen LogP contribution is -2.44. The van der Waals surface area contributed by atoms with E-state index in [9.17, 15) is 14.4 Å². The van der Waals surface area contributed by atoms with Crippen molar-refractivity contribution in [3.05, 3.63) is 101 Å². The first-order chi connectivity index (χ1) is 20.1. The number of rotatable bonds is 9. The number of benzene rings is 2. The van der Waals surface area contributed by atoms with Gasteiger partial charge in [-0.2, -0.15) is 0 Å². The summed E-state index contributed by atoms with van der Waals surface area (Å²) in [5, 5.41) is 8.67. The van der Waals surface area contributed by atoms with Gasteiger partial charge in [0.2, 0.25) is 5.95 Å². The van der Waals surface area contributed by atoms with Crippen molar-refractivity contribution in [2.45, 2.75) is 38.8 Å². The summed E-state index contributed by atoms with van der Waals surface area (Å²) >= 11 is 0. The highest BCUT2D eigenvalue weighted by Crippen LogP contribution is 2.25. The molecule has 2 heterocycles. The predicted molar refractivity (Wildman–Crippen MR) is 161 cm³/mol. The molecule has 11 nitrogen and oxygen atoms in total. The normalized spacial score (nSPS) is 11.7. The minimum Gasteiger partial charge on any atom is -0.444 e. The Labute approximate surface area is 243 Å². The standard InChI is InChI=1S/C31H34N6O5/c1-31(2,3)42-30(40)34-23(19-21-11-7-5-8-12-21)20-33-28-35-25(22-15-17-32-18-16-22)26(27(38)37(28)4)36-29(39)41-24-13-9-6-10-14-24/h5-18,23H,19-20H2,1-4H3,(H,33,35)(H,34,40)(H,36,39)/t23-/m0/s1. The van der Waals surface area contributed by atoms with Crippen LogP contribution in [0.25, 0.3) is 11.3 Å².